The van der Waals surface area contributed by atoms with Crippen molar-refractivity contribution in [3.63, 3.8) is 0 Å². The summed E-state index contributed by atoms with van der Waals surface area (Å²) in [5.74, 6) is -0.162. The quantitative estimate of drug-likeness (QED) is 0.873. The van der Waals surface area contributed by atoms with Gasteiger partial charge in [0.2, 0.25) is 0 Å². The predicted octanol–water partition coefficient (Wildman–Crippen LogP) is 2.91. The van der Waals surface area contributed by atoms with Crippen LogP contribution < -0.4 is 10.2 Å². The molecule has 1 aromatic heterocycles. The maximum absolute atomic E-state index is 14.5. The Labute approximate surface area is 148 Å². The highest BCUT2D eigenvalue weighted by molar-refractivity contribution is 5.49. The Hall–Kier alpha value is -1.92. The second kappa shape index (κ2) is 7.97. The van der Waals surface area contributed by atoms with Crippen LogP contribution in [0.5, 0.6) is 0 Å². The van der Waals surface area contributed by atoms with Crippen LogP contribution in [0.4, 0.5) is 10.1 Å². The van der Waals surface area contributed by atoms with Crippen LogP contribution in [0.15, 0.2) is 30.6 Å². The van der Waals surface area contributed by atoms with Crippen LogP contribution >= 0.6 is 0 Å². The summed E-state index contributed by atoms with van der Waals surface area (Å²) >= 11 is 0. The van der Waals surface area contributed by atoms with Crippen LogP contribution in [0, 0.1) is 12.7 Å². The fourth-order valence-electron chi connectivity index (χ4n) is 3.06. The first-order valence-corrected chi connectivity index (χ1v) is 8.90. The van der Waals surface area contributed by atoms with E-state index in [4.69, 9.17) is 4.74 Å². The van der Waals surface area contributed by atoms with E-state index in [0.717, 1.165) is 24.2 Å². The van der Waals surface area contributed by atoms with Gasteiger partial charge in [-0.05, 0) is 44.0 Å². The first kappa shape index (κ1) is 17.9. The molecule has 2 heterocycles. The molecule has 0 unspecified atom stereocenters. The normalized spacial score (nSPS) is 17.5. The van der Waals surface area contributed by atoms with Gasteiger partial charge in [0.15, 0.2) is 0 Å². The number of ether oxygens (including phenoxy) is 1. The van der Waals surface area contributed by atoms with E-state index in [-0.39, 0.29) is 17.9 Å². The minimum Gasteiger partial charge on any atom is -0.378 e. The molecule has 0 saturated carbocycles. The van der Waals surface area contributed by atoms with Crippen molar-refractivity contribution < 1.29 is 9.13 Å². The summed E-state index contributed by atoms with van der Waals surface area (Å²) in [6.45, 7) is 9.72. The van der Waals surface area contributed by atoms with Gasteiger partial charge in [-0.1, -0.05) is 6.07 Å². The van der Waals surface area contributed by atoms with E-state index < -0.39 is 0 Å². The summed E-state index contributed by atoms with van der Waals surface area (Å²) in [6.07, 6.45) is 3.91. The second-order valence-corrected chi connectivity index (χ2v) is 6.79. The maximum Gasteiger partial charge on any atom is 0.146 e. The van der Waals surface area contributed by atoms with Crippen LogP contribution in [0.2, 0.25) is 0 Å². The lowest BCUT2D eigenvalue weighted by molar-refractivity contribution is 0.122. The molecular formula is C19H27FN4O. The predicted molar refractivity (Wildman–Crippen MR) is 97.4 cm³/mol. The van der Waals surface area contributed by atoms with Crippen LogP contribution in [-0.2, 0) is 11.3 Å². The number of aromatic nitrogens is 2. The Bertz CT molecular complexity index is 696. The van der Waals surface area contributed by atoms with E-state index in [2.05, 4.69) is 24.3 Å². The number of morpholine rings is 1. The van der Waals surface area contributed by atoms with Crippen molar-refractivity contribution in [2.24, 2.45) is 0 Å². The first-order valence-electron chi connectivity index (χ1n) is 8.90. The molecule has 2 atom stereocenters. The van der Waals surface area contributed by atoms with Crippen LogP contribution in [0.1, 0.15) is 31.0 Å². The number of nitrogens with zero attached hydrogens (tertiary/aromatic N) is 3. The van der Waals surface area contributed by atoms with Gasteiger partial charge in [0.25, 0.3) is 0 Å². The largest absolute Gasteiger partial charge is 0.378 e. The van der Waals surface area contributed by atoms with Crippen molar-refractivity contribution in [3.05, 3.63) is 47.5 Å². The molecule has 1 fully saturated rings. The molecule has 2 aromatic rings. The Kier molecular flexibility index (Phi) is 5.71. The van der Waals surface area contributed by atoms with E-state index in [1.807, 2.05) is 41.0 Å². The molecule has 25 heavy (non-hydrogen) atoms. The Morgan fingerprint density at radius 1 is 1.28 bits per heavy atom. The molecule has 1 saturated heterocycles. The standard InChI is InChI=1S/C19H27FN4O/c1-14-11-22-24(13-14)16(3)15(2)21-12-17-4-5-19(18(20)10-17)23-6-8-25-9-7-23/h4-5,10-11,13,15-16,21H,6-9,12H2,1-3H3/t15-,16-/m1/s1. The van der Waals surface area contributed by atoms with Crippen LogP contribution in [0.25, 0.3) is 0 Å². The highest BCUT2D eigenvalue weighted by Gasteiger charge is 2.17. The number of halogens is 1. The average molecular weight is 346 g/mol. The van der Waals surface area contributed by atoms with Gasteiger partial charge in [-0.2, -0.15) is 5.10 Å². The maximum atomic E-state index is 14.5. The zero-order chi connectivity index (χ0) is 17.8. The zero-order valence-corrected chi connectivity index (χ0v) is 15.2. The van der Waals surface area contributed by atoms with Gasteiger partial charge in [-0.25, -0.2) is 4.39 Å². The van der Waals surface area contributed by atoms with Gasteiger partial charge in [0.1, 0.15) is 5.82 Å². The molecular weight excluding hydrogens is 319 g/mol. The van der Waals surface area contributed by atoms with Crippen molar-refractivity contribution in [2.75, 3.05) is 31.2 Å². The number of hydrogen-bond acceptors (Lipinski definition) is 4. The second-order valence-electron chi connectivity index (χ2n) is 6.79. The fourth-order valence-corrected chi connectivity index (χ4v) is 3.06. The van der Waals surface area contributed by atoms with E-state index >= 15 is 0 Å². The zero-order valence-electron chi connectivity index (χ0n) is 15.2. The number of nitrogens with one attached hydrogen (secondary N) is 1. The summed E-state index contributed by atoms with van der Waals surface area (Å²) in [7, 11) is 0. The molecule has 0 spiro atoms. The van der Waals surface area contributed by atoms with Gasteiger partial charge in [-0.3, -0.25) is 4.68 Å². The van der Waals surface area contributed by atoms with E-state index in [0.29, 0.717) is 25.4 Å². The van der Waals surface area contributed by atoms with Gasteiger partial charge < -0.3 is 15.0 Å². The summed E-state index contributed by atoms with van der Waals surface area (Å²) in [6, 6.07) is 5.96. The molecule has 1 aliphatic rings. The van der Waals surface area contributed by atoms with Crippen LogP contribution in [0.3, 0.4) is 0 Å². The minimum absolute atomic E-state index is 0.162. The Morgan fingerprint density at radius 2 is 2.04 bits per heavy atom. The molecule has 6 heteroatoms. The summed E-state index contributed by atoms with van der Waals surface area (Å²) in [4.78, 5) is 2.04. The summed E-state index contributed by atoms with van der Waals surface area (Å²) in [5.41, 5.74) is 2.77. The molecule has 0 bridgehead atoms. The fraction of sp³-hybridized carbons (Fsp3) is 0.526. The third-order valence-electron chi connectivity index (χ3n) is 4.86. The third-order valence-corrected chi connectivity index (χ3v) is 4.86. The van der Waals surface area contributed by atoms with Gasteiger partial charge in [-0.15, -0.1) is 0 Å². The number of rotatable bonds is 6. The highest BCUT2D eigenvalue weighted by atomic mass is 19.1. The molecule has 3 rings (SSSR count). The molecule has 5 nitrogen and oxygen atoms in total. The molecule has 0 radical (unpaired) electrons. The van der Waals surface area contributed by atoms with Crippen molar-refractivity contribution in [3.8, 4) is 0 Å². The van der Waals surface area contributed by atoms with E-state index in [1.165, 1.54) is 0 Å². The summed E-state index contributed by atoms with van der Waals surface area (Å²) < 4.78 is 21.8. The molecule has 0 aliphatic carbocycles. The topological polar surface area (TPSA) is 42.3 Å². The van der Waals surface area contributed by atoms with Crippen molar-refractivity contribution in [1.82, 2.24) is 15.1 Å². The number of aryl methyl sites for hydroxylation is 1. The SMILES string of the molecule is Cc1cnn([C@H](C)[C@@H](C)NCc2ccc(N3CCOCC3)c(F)c2)c1. The Balaban J connectivity index is 1.58. The van der Waals surface area contributed by atoms with Crippen molar-refractivity contribution in [1.29, 1.82) is 0 Å². The monoisotopic (exact) mass is 346 g/mol. The van der Waals surface area contributed by atoms with Crippen molar-refractivity contribution >= 4 is 5.69 Å². The Morgan fingerprint density at radius 3 is 2.68 bits per heavy atom. The molecule has 1 aromatic carbocycles. The molecule has 1 N–H and O–H groups in total. The summed E-state index contributed by atoms with van der Waals surface area (Å²) in [5, 5.41) is 7.84. The molecule has 0 amide bonds. The number of anilines is 1. The minimum atomic E-state index is -0.162. The molecule has 136 valence electrons. The first-order chi connectivity index (χ1) is 12.0. The van der Waals surface area contributed by atoms with Crippen molar-refractivity contribution in [2.45, 2.75) is 39.4 Å². The van der Waals surface area contributed by atoms with Crippen LogP contribution in [-0.4, -0.2) is 42.1 Å². The average Bonchev–Trinajstić information content (AvgIpc) is 3.06. The van der Waals surface area contributed by atoms with E-state index in [9.17, 15) is 4.39 Å². The highest BCUT2D eigenvalue weighted by Crippen LogP contribution is 2.22. The number of benzene rings is 1. The molecule has 1 aliphatic heterocycles. The van der Waals surface area contributed by atoms with E-state index in [1.54, 1.807) is 6.07 Å². The lowest BCUT2D eigenvalue weighted by atomic mass is 10.1. The smallest absolute Gasteiger partial charge is 0.146 e. The van der Waals surface area contributed by atoms with Gasteiger partial charge >= 0.3 is 0 Å². The van der Waals surface area contributed by atoms with Gasteiger partial charge in [0.05, 0.1) is 31.1 Å². The lowest BCUT2D eigenvalue weighted by Gasteiger charge is -2.29. The lowest BCUT2D eigenvalue weighted by Crippen LogP contribution is -2.36. The number of hydrogen-bond donors (Lipinski definition) is 1. The third kappa shape index (κ3) is 4.38. The van der Waals surface area contributed by atoms with Gasteiger partial charge in [0, 0.05) is 31.9 Å².